The topological polar surface area (TPSA) is 99.5 Å². The fourth-order valence-electron chi connectivity index (χ4n) is 1.88. The second kappa shape index (κ2) is 11.4. The van der Waals surface area contributed by atoms with Gasteiger partial charge in [0.15, 0.2) is 6.10 Å². The lowest BCUT2D eigenvalue weighted by molar-refractivity contribution is -0.156. The highest BCUT2D eigenvalue weighted by Gasteiger charge is 2.21. The number of hydrogen-bond donors (Lipinski definition) is 1. The molecule has 0 saturated carbocycles. The van der Waals surface area contributed by atoms with Gasteiger partial charge in [0.1, 0.15) is 0 Å². The van der Waals surface area contributed by atoms with Gasteiger partial charge in [-0.15, -0.1) is 11.8 Å². The van der Waals surface area contributed by atoms with Gasteiger partial charge >= 0.3 is 5.97 Å². The molecular formula is C17H20ClN3O4S. The number of carbonyl (C=O) groups is 3. The Morgan fingerprint density at radius 2 is 1.96 bits per heavy atom. The van der Waals surface area contributed by atoms with E-state index in [1.165, 1.54) is 11.8 Å². The molecule has 0 radical (unpaired) electrons. The summed E-state index contributed by atoms with van der Waals surface area (Å²) in [6.07, 6.45) is -0.726. The number of amides is 2. The molecule has 0 aliphatic heterocycles. The first-order valence-corrected chi connectivity index (χ1v) is 9.31. The van der Waals surface area contributed by atoms with E-state index in [1.54, 1.807) is 31.3 Å². The Morgan fingerprint density at radius 1 is 1.31 bits per heavy atom. The van der Waals surface area contributed by atoms with Gasteiger partial charge in [0.2, 0.25) is 5.91 Å². The van der Waals surface area contributed by atoms with E-state index in [0.29, 0.717) is 10.7 Å². The Bertz CT molecular complexity index is 676. The Balaban J connectivity index is 2.28. The average Bonchev–Trinajstić information content (AvgIpc) is 2.60. The van der Waals surface area contributed by atoms with Gasteiger partial charge in [-0.1, -0.05) is 11.6 Å². The molecule has 0 saturated heterocycles. The molecule has 0 bridgehead atoms. The zero-order chi connectivity index (χ0) is 19.5. The summed E-state index contributed by atoms with van der Waals surface area (Å²) in [6, 6.07) is 8.61. The third kappa shape index (κ3) is 8.23. The van der Waals surface area contributed by atoms with Crippen LogP contribution in [0.4, 0.5) is 5.69 Å². The van der Waals surface area contributed by atoms with Crippen LogP contribution in [0, 0.1) is 11.3 Å². The van der Waals surface area contributed by atoms with Crippen molar-refractivity contribution in [2.45, 2.75) is 19.4 Å². The predicted molar refractivity (Wildman–Crippen MR) is 101 cm³/mol. The first-order chi connectivity index (χ1) is 12.3. The van der Waals surface area contributed by atoms with E-state index in [2.05, 4.69) is 5.32 Å². The van der Waals surface area contributed by atoms with Gasteiger partial charge in [0, 0.05) is 24.3 Å². The van der Waals surface area contributed by atoms with Crippen LogP contribution in [0.3, 0.4) is 0 Å². The minimum Gasteiger partial charge on any atom is -0.452 e. The molecule has 0 aromatic heterocycles. The summed E-state index contributed by atoms with van der Waals surface area (Å²) >= 11 is 6.85. The SMILES string of the molecule is C[C@H](OC(=O)CSCC(=O)Nc1ccc(Cl)cc1)C(=O)N(C)CCC#N. The number of hydrogen-bond acceptors (Lipinski definition) is 6. The molecule has 0 fully saturated rings. The van der Waals surface area contributed by atoms with E-state index in [0.717, 1.165) is 11.8 Å². The van der Waals surface area contributed by atoms with Gasteiger partial charge in [-0.3, -0.25) is 14.4 Å². The van der Waals surface area contributed by atoms with E-state index in [1.807, 2.05) is 6.07 Å². The van der Waals surface area contributed by atoms with Crippen LogP contribution < -0.4 is 5.32 Å². The first kappa shape index (κ1) is 21.8. The number of rotatable bonds is 9. The highest BCUT2D eigenvalue weighted by Crippen LogP contribution is 2.14. The number of halogens is 1. The lowest BCUT2D eigenvalue weighted by Crippen LogP contribution is -2.38. The van der Waals surface area contributed by atoms with Gasteiger partial charge in [-0.05, 0) is 31.2 Å². The van der Waals surface area contributed by atoms with Crippen molar-refractivity contribution in [2.75, 3.05) is 30.4 Å². The monoisotopic (exact) mass is 397 g/mol. The van der Waals surface area contributed by atoms with Crippen molar-refractivity contribution >= 4 is 46.8 Å². The van der Waals surface area contributed by atoms with Crippen LogP contribution in [0.25, 0.3) is 0 Å². The number of anilines is 1. The second-order valence-electron chi connectivity index (χ2n) is 5.35. The number of carbonyl (C=O) groups excluding carboxylic acids is 3. The molecule has 7 nitrogen and oxygen atoms in total. The fourth-order valence-corrected chi connectivity index (χ4v) is 2.60. The Hall–Kier alpha value is -2.24. The molecule has 0 unspecified atom stereocenters. The quantitative estimate of drug-likeness (QED) is 0.642. The zero-order valence-corrected chi connectivity index (χ0v) is 16.1. The lowest BCUT2D eigenvalue weighted by atomic mass is 10.3. The number of ether oxygens (including phenoxy) is 1. The van der Waals surface area contributed by atoms with E-state index < -0.39 is 12.1 Å². The van der Waals surface area contributed by atoms with Crippen molar-refractivity contribution in [3.8, 4) is 6.07 Å². The standard InChI is InChI=1S/C17H20ClN3O4S/c1-12(17(24)21(2)9-3-8-19)25-16(23)11-26-10-15(22)20-14-6-4-13(18)5-7-14/h4-7,12H,3,9-11H2,1-2H3,(H,20,22)/t12-/m0/s1. The summed E-state index contributed by atoms with van der Waals surface area (Å²) in [5.41, 5.74) is 0.613. The third-order valence-electron chi connectivity index (χ3n) is 3.17. The van der Waals surface area contributed by atoms with Crippen LogP contribution in [0.2, 0.25) is 5.02 Å². The predicted octanol–water partition coefficient (Wildman–Crippen LogP) is 2.32. The molecule has 1 rings (SSSR count). The Morgan fingerprint density at radius 3 is 2.58 bits per heavy atom. The maximum Gasteiger partial charge on any atom is 0.316 e. The molecule has 1 aromatic rings. The largest absolute Gasteiger partial charge is 0.452 e. The van der Waals surface area contributed by atoms with E-state index in [4.69, 9.17) is 21.6 Å². The molecular weight excluding hydrogens is 378 g/mol. The molecule has 1 atom stereocenters. The molecule has 1 aromatic carbocycles. The van der Waals surface area contributed by atoms with Gasteiger partial charge < -0.3 is 15.0 Å². The highest BCUT2D eigenvalue weighted by molar-refractivity contribution is 8.00. The van der Waals surface area contributed by atoms with Crippen molar-refractivity contribution in [1.29, 1.82) is 5.26 Å². The second-order valence-corrected chi connectivity index (χ2v) is 6.77. The molecule has 26 heavy (non-hydrogen) atoms. The number of nitrogens with one attached hydrogen (secondary N) is 1. The molecule has 0 aliphatic rings. The summed E-state index contributed by atoms with van der Waals surface area (Å²) in [5, 5.41) is 11.8. The third-order valence-corrected chi connectivity index (χ3v) is 4.33. The Kier molecular flexibility index (Phi) is 9.55. The molecule has 0 aliphatic carbocycles. The number of nitrogens with zero attached hydrogens (tertiary/aromatic N) is 2. The van der Waals surface area contributed by atoms with Gasteiger partial charge in [-0.25, -0.2) is 0 Å². The van der Waals surface area contributed by atoms with Gasteiger partial charge in [-0.2, -0.15) is 5.26 Å². The molecule has 140 valence electrons. The van der Waals surface area contributed by atoms with Crippen molar-refractivity contribution in [3.05, 3.63) is 29.3 Å². The smallest absolute Gasteiger partial charge is 0.316 e. The van der Waals surface area contributed by atoms with Crippen LogP contribution >= 0.6 is 23.4 Å². The summed E-state index contributed by atoms with van der Waals surface area (Å²) in [7, 11) is 1.54. The van der Waals surface area contributed by atoms with Crippen LogP contribution in [-0.2, 0) is 19.1 Å². The van der Waals surface area contributed by atoms with Crippen molar-refractivity contribution in [3.63, 3.8) is 0 Å². The minimum absolute atomic E-state index is 0.0480. The van der Waals surface area contributed by atoms with Gasteiger partial charge in [0.25, 0.3) is 5.91 Å². The minimum atomic E-state index is -0.935. The number of thioether (sulfide) groups is 1. The number of benzene rings is 1. The van der Waals surface area contributed by atoms with Gasteiger partial charge in [0.05, 0.1) is 24.0 Å². The van der Waals surface area contributed by atoms with E-state index in [-0.39, 0.29) is 36.3 Å². The number of nitriles is 1. The van der Waals surface area contributed by atoms with Crippen LogP contribution in [0.5, 0.6) is 0 Å². The van der Waals surface area contributed by atoms with E-state index in [9.17, 15) is 14.4 Å². The lowest BCUT2D eigenvalue weighted by Gasteiger charge is -2.20. The number of likely N-dealkylation sites (N-methyl/N-ethyl adjacent to an activating group) is 1. The molecule has 2 amide bonds. The van der Waals surface area contributed by atoms with E-state index >= 15 is 0 Å². The zero-order valence-electron chi connectivity index (χ0n) is 14.5. The summed E-state index contributed by atoms with van der Waals surface area (Å²) in [5.74, 6) is -1.19. The summed E-state index contributed by atoms with van der Waals surface area (Å²) in [6.45, 7) is 1.75. The van der Waals surface area contributed by atoms with Crippen molar-refractivity contribution in [1.82, 2.24) is 4.90 Å². The van der Waals surface area contributed by atoms with Crippen LogP contribution in [0.1, 0.15) is 13.3 Å². The normalized spacial score (nSPS) is 11.2. The van der Waals surface area contributed by atoms with Crippen molar-refractivity contribution < 1.29 is 19.1 Å². The average molecular weight is 398 g/mol. The molecule has 0 spiro atoms. The fraction of sp³-hybridized carbons (Fsp3) is 0.412. The number of esters is 1. The van der Waals surface area contributed by atoms with Crippen molar-refractivity contribution in [2.24, 2.45) is 0 Å². The maximum atomic E-state index is 12.0. The molecule has 0 heterocycles. The van der Waals surface area contributed by atoms with Crippen LogP contribution in [0.15, 0.2) is 24.3 Å². The summed E-state index contributed by atoms with van der Waals surface area (Å²) in [4.78, 5) is 36.8. The highest BCUT2D eigenvalue weighted by atomic mass is 35.5. The molecule has 1 N–H and O–H groups in total. The Labute approximate surface area is 161 Å². The first-order valence-electron chi connectivity index (χ1n) is 7.78. The maximum absolute atomic E-state index is 12.0. The van der Waals surface area contributed by atoms with Crippen LogP contribution in [-0.4, -0.2) is 53.9 Å². The summed E-state index contributed by atoms with van der Waals surface area (Å²) < 4.78 is 5.05. The molecule has 9 heteroatoms.